The van der Waals surface area contributed by atoms with Crippen LogP contribution < -0.4 is 4.90 Å². The Labute approximate surface area is 134 Å². The molecule has 1 amide bonds. The van der Waals surface area contributed by atoms with Gasteiger partial charge in [-0.3, -0.25) is 4.79 Å². The van der Waals surface area contributed by atoms with Gasteiger partial charge in [0.05, 0.1) is 0 Å². The predicted octanol–water partition coefficient (Wildman–Crippen LogP) is 1.98. The molecule has 5 nitrogen and oxygen atoms in total. The topological polar surface area (TPSA) is 49.3 Å². The summed E-state index contributed by atoms with van der Waals surface area (Å²) in [6, 6.07) is 7.94. The van der Waals surface area contributed by atoms with Gasteiger partial charge in [0, 0.05) is 44.6 Å². The standard InChI is InChI=1S/C17H17FN4O/c18-15-4-1-3-14(13-15)5-6-16(23)21-9-11-22(12-10-21)17-19-7-2-8-20-17/h1-8,13H,9-12H2/b6-5+. The van der Waals surface area contributed by atoms with Crippen LogP contribution in [0, 0.1) is 5.82 Å². The molecule has 23 heavy (non-hydrogen) atoms. The lowest BCUT2D eigenvalue weighted by Gasteiger charge is -2.34. The van der Waals surface area contributed by atoms with E-state index in [-0.39, 0.29) is 11.7 Å². The van der Waals surface area contributed by atoms with Crippen LogP contribution in [-0.2, 0) is 4.79 Å². The molecular weight excluding hydrogens is 295 g/mol. The Kier molecular flexibility index (Phi) is 4.61. The van der Waals surface area contributed by atoms with E-state index < -0.39 is 0 Å². The number of hydrogen-bond donors (Lipinski definition) is 0. The summed E-state index contributed by atoms with van der Waals surface area (Å²) in [5.41, 5.74) is 0.676. The molecule has 3 rings (SSSR count). The van der Waals surface area contributed by atoms with E-state index in [4.69, 9.17) is 0 Å². The molecule has 1 aliphatic rings. The summed E-state index contributed by atoms with van der Waals surface area (Å²) in [7, 11) is 0. The summed E-state index contributed by atoms with van der Waals surface area (Å²) in [5, 5.41) is 0. The van der Waals surface area contributed by atoms with Gasteiger partial charge in [-0.15, -0.1) is 0 Å². The van der Waals surface area contributed by atoms with Gasteiger partial charge in [0.25, 0.3) is 0 Å². The highest BCUT2D eigenvalue weighted by molar-refractivity contribution is 5.91. The van der Waals surface area contributed by atoms with Gasteiger partial charge >= 0.3 is 0 Å². The molecule has 2 aromatic rings. The van der Waals surface area contributed by atoms with Gasteiger partial charge in [-0.25, -0.2) is 14.4 Å². The summed E-state index contributed by atoms with van der Waals surface area (Å²) < 4.78 is 13.1. The van der Waals surface area contributed by atoms with Crippen molar-refractivity contribution in [2.75, 3.05) is 31.1 Å². The van der Waals surface area contributed by atoms with Gasteiger partial charge in [-0.05, 0) is 29.8 Å². The third-order valence-electron chi connectivity index (χ3n) is 3.69. The van der Waals surface area contributed by atoms with Crippen molar-refractivity contribution in [1.29, 1.82) is 0 Å². The zero-order valence-electron chi connectivity index (χ0n) is 12.6. The molecule has 6 heteroatoms. The van der Waals surface area contributed by atoms with Crippen LogP contribution in [0.3, 0.4) is 0 Å². The number of amides is 1. The fraction of sp³-hybridized carbons (Fsp3) is 0.235. The minimum atomic E-state index is -0.309. The van der Waals surface area contributed by atoms with Crippen molar-refractivity contribution in [2.45, 2.75) is 0 Å². The van der Waals surface area contributed by atoms with E-state index in [1.165, 1.54) is 18.2 Å². The number of anilines is 1. The maximum absolute atomic E-state index is 13.1. The Morgan fingerprint density at radius 3 is 2.52 bits per heavy atom. The zero-order valence-corrected chi connectivity index (χ0v) is 12.6. The van der Waals surface area contributed by atoms with E-state index in [9.17, 15) is 9.18 Å². The van der Waals surface area contributed by atoms with Gasteiger partial charge in [0.15, 0.2) is 0 Å². The van der Waals surface area contributed by atoms with Crippen molar-refractivity contribution in [3.05, 3.63) is 60.2 Å². The maximum Gasteiger partial charge on any atom is 0.246 e. The van der Waals surface area contributed by atoms with E-state index in [2.05, 4.69) is 14.9 Å². The summed E-state index contributed by atoms with van der Waals surface area (Å²) in [4.78, 5) is 24.5. The summed E-state index contributed by atoms with van der Waals surface area (Å²) in [6.07, 6.45) is 6.55. The lowest BCUT2D eigenvalue weighted by Crippen LogP contribution is -2.48. The molecule has 0 N–H and O–H groups in total. The molecule has 1 fully saturated rings. The molecule has 0 unspecified atom stereocenters. The second-order valence-corrected chi connectivity index (χ2v) is 5.25. The van der Waals surface area contributed by atoms with Crippen molar-refractivity contribution in [1.82, 2.24) is 14.9 Å². The summed E-state index contributed by atoms with van der Waals surface area (Å²) in [5.74, 6) is 0.314. The Bertz CT molecular complexity index is 697. The minimum Gasteiger partial charge on any atom is -0.337 e. The highest BCUT2D eigenvalue weighted by atomic mass is 19.1. The van der Waals surface area contributed by atoms with Crippen LogP contribution in [-0.4, -0.2) is 47.0 Å². The number of nitrogens with zero attached hydrogens (tertiary/aromatic N) is 4. The number of carbonyl (C=O) groups is 1. The Hall–Kier alpha value is -2.76. The van der Waals surface area contributed by atoms with Crippen LogP contribution >= 0.6 is 0 Å². The number of benzene rings is 1. The van der Waals surface area contributed by atoms with Crippen molar-refractivity contribution in [2.24, 2.45) is 0 Å². The molecule has 118 valence electrons. The van der Waals surface area contributed by atoms with Gasteiger partial charge in [0.1, 0.15) is 5.82 Å². The van der Waals surface area contributed by atoms with E-state index in [1.807, 2.05) is 0 Å². The van der Waals surface area contributed by atoms with Crippen molar-refractivity contribution >= 4 is 17.9 Å². The summed E-state index contributed by atoms with van der Waals surface area (Å²) >= 11 is 0. The molecule has 1 aliphatic heterocycles. The summed E-state index contributed by atoms with van der Waals surface area (Å²) in [6.45, 7) is 2.63. The normalized spacial score (nSPS) is 15.2. The van der Waals surface area contributed by atoms with Crippen LogP contribution in [0.4, 0.5) is 10.3 Å². The fourth-order valence-electron chi connectivity index (χ4n) is 2.46. The molecule has 0 radical (unpaired) electrons. The van der Waals surface area contributed by atoms with E-state index in [1.54, 1.807) is 41.6 Å². The molecular formula is C17H17FN4O. The van der Waals surface area contributed by atoms with Crippen molar-refractivity contribution in [3.63, 3.8) is 0 Å². The smallest absolute Gasteiger partial charge is 0.246 e. The van der Waals surface area contributed by atoms with E-state index in [0.29, 0.717) is 37.7 Å². The van der Waals surface area contributed by atoms with Crippen LogP contribution in [0.15, 0.2) is 48.8 Å². The quantitative estimate of drug-likeness (QED) is 0.813. The van der Waals surface area contributed by atoms with Gasteiger partial charge in [-0.1, -0.05) is 12.1 Å². The average Bonchev–Trinajstić information content (AvgIpc) is 2.61. The molecule has 0 bridgehead atoms. The van der Waals surface area contributed by atoms with Crippen molar-refractivity contribution in [3.8, 4) is 0 Å². The number of carbonyl (C=O) groups excluding carboxylic acids is 1. The lowest BCUT2D eigenvalue weighted by atomic mass is 10.2. The first kappa shape index (κ1) is 15.1. The van der Waals surface area contributed by atoms with Crippen LogP contribution in [0.25, 0.3) is 6.08 Å². The Morgan fingerprint density at radius 1 is 1.09 bits per heavy atom. The number of piperazine rings is 1. The molecule has 2 heterocycles. The van der Waals surface area contributed by atoms with Gasteiger partial charge in [-0.2, -0.15) is 0 Å². The van der Waals surface area contributed by atoms with Crippen LogP contribution in [0.2, 0.25) is 0 Å². The van der Waals surface area contributed by atoms with Crippen LogP contribution in [0.5, 0.6) is 0 Å². The maximum atomic E-state index is 13.1. The third kappa shape index (κ3) is 3.91. The molecule has 1 saturated heterocycles. The second-order valence-electron chi connectivity index (χ2n) is 5.25. The number of halogens is 1. The monoisotopic (exact) mass is 312 g/mol. The zero-order chi connectivity index (χ0) is 16.1. The first-order valence-electron chi connectivity index (χ1n) is 7.47. The minimum absolute atomic E-state index is 0.0668. The van der Waals surface area contributed by atoms with Gasteiger partial charge in [0.2, 0.25) is 11.9 Å². The average molecular weight is 312 g/mol. The number of rotatable bonds is 3. The third-order valence-corrected chi connectivity index (χ3v) is 3.69. The molecule has 0 saturated carbocycles. The fourth-order valence-corrected chi connectivity index (χ4v) is 2.46. The molecule has 0 aliphatic carbocycles. The SMILES string of the molecule is O=C(/C=C/c1cccc(F)c1)N1CCN(c2ncccn2)CC1. The highest BCUT2D eigenvalue weighted by Crippen LogP contribution is 2.11. The molecule has 0 atom stereocenters. The molecule has 0 spiro atoms. The van der Waals surface area contributed by atoms with Crippen LogP contribution in [0.1, 0.15) is 5.56 Å². The number of aromatic nitrogens is 2. The highest BCUT2D eigenvalue weighted by Gasteiger charge is 2.20. The second kappa shape index (κ2) is 7.00. The van der Waals surface area contributed by atoms with E-state index in [0.717, 1.165) is 0 Å². The molecule has 1 aromatic heterocycles. The number of hydrogen-bond acceptors (Lipinski definition) is 4. The first-order chi connectivity index (χ1) is 11.2. The van der Waals surface area contributed by atoms with Gasteiger partial charge < -0.3 is 9.80 Å². The Morgan fingerprint density at radius 2 is 1.83 bits per heavy atom. The van der Waals surface area contributed by atoms with Crippen molar-refractivity contribution < 1.29 is 9.18 Å². The molecule has 1 aromatic carbocycles. The lowest BCUT2D eigenvalue weighted by molar-refractivity contribution is -0.126. The first-order valence-corrected chi connectivity index (χ1v) is 7.47. The van der Waals surface area contributed by atoms with E-state index >= 15 is 0 Å². The predicted molar refractivity (Wildman–Crippen MR) is 86.3 cm³/mol. The largest absolute Gasteiger partial charge is 0.337 e. The Balaban J connectivity index is 1.56.